The van der Waals surface area contributed by atoms with Crippen molar-refractivity contribution in [1.82, 2.24) is 0 Å². The minimum Gasteiger partial charge on any atom is -0.408 e. The zero-order valence-electron chi connectivity index (χ0n) is 30.2. The number of benzene rings is 2. The quantitative estimate of drug-likeness (QED) is 0.0785. The van der Waals surface area contributed by atoms with Gasteiger partial charge in [0.2, 0.25) is 0 Å². The molecule has 0 unspecified atom stereocenters. The van der Waals surface area contributed by atoms with Crippen LogP contribution in [-0.2, 0) is 46.1 Å². The van der Waals surface area contributed by atoms with E-state index >= 15 is 0 Å². The zero-order valence-corrected chi connectivity index (χ0v) is 31.2. The Morgan fingerprint density at radius 1 is 0.646 bits per heavy atom. The van der Waals surface area contributed by atoms with E-state index in [0.717, 1.165) is 17.5 Å². The summed E-state index contributed by atoms with van der Waals surface area (Å²) in [4.78, 5) is 0. The largest absolute Gasteiger partial charge is 0.408 e. The molecule has 266 valence electrons. The molecular formula is C40H60O7Si. The van der Waals surface area contributed by atoms with Gasteiger partial charge in [0.15, 0.2) is 20.9 Å². The molecule has 0 aliphatic carbocycles. The van der Waals surface area contributed by atoms with E-state index in [1.165, 1.54) is 32.1 Å². The Balaban J connectivity index is 1.39. The third-order valence-corrected chi connectivity index (χ3v) is 13.8. The molecule has 2 heterocycles. The van der Waals surface area contributed by atoms with Crippen LogP contribution < -0.4 is 0 Å². The lowest BCUT2D eigenvalue weighted by Gasteiger charge is -2.42. The molecule has 8 heteroatoms. The molecule has 2 aromatic rings. The highest BCUT2D eigenvalue weighted by Crippen LogP contribution is 2.38. The molecule has 0 bridgehead atoms. The van der Waals surface area contributed by atoms with E-state index in [0.29, 0.717) is 33.0 Å². The summed E-state index contributed by atoms with van der Waals surface area (Å²) >= 11 is 0. The Kier molecular flexibility index (Phi) is 16.0. The molecule has 7 nitrogen and oxygen atoms in total. The van der Waals surface area contributed by atoms with Crippen molar-refractivity contribution in [3.8, 4) is 0 Å². The summed E-state index contributed by atoms with van der Waals surface area (Å²) in [5, 5.41) is 0.0640. The highest BCUT2D eigenvalue weighted by Gasteiger charge is 2.42. The second kappa shape index (κ2) is 19.9. The van der Waals surface area contributed by atoms with Crippen LogP contribution in [0, 0.1) is 0 Å². The topological polar surface area (TPSA) is 64.6 Å². The molecule has 48 heavy (non-hydrogen) atoms. The van der Waals surface area contributed by atoms with Crippen molar-refractivity contribution in [1.29, 1.82) is 0 Å². The highest BCUT2D eigenvalue weighted by molar-refractivity contribution is 6.74. The van der Waals surface area contributed by atoms with Gasteiger partial charge in [-0.05, 0) is 47.8 Å². The fraction of sp³-hybridized carbons (Fsp3) is 0.600. The first kappa shape index (κ1) is 38.7. The highest BCUT2D eigenvalue weighted by atomic mass is 28.4. The molecule has 0 aromatic heterocycles. The second-order valence-corrected chi connectivity index (χ2v) is 19.2. The van der Waals surface area contributed by atoms with Crippen molar-refractivity contribution in [2.24, 2.45) is 0 Å². The van der Waals surface area contributed by atoms with Crippen LogP contribution in [0.15, 0.2) is 85.0 Å². The normalized spacial score (nSPS) is 24.6. The van der Waals surface area contributed by atoms with Crippen LogP contribution in [-0.4, -0.2) is 65.1 Å². The minimum atomic E-state index is -2.08. The first-order valence-corrected chi connectivity index (χ1v) is 20.9. The standard InChI is InChI=1S/C40H60O7Si/c1-7-8-9-10-11-18-27-43-38-25-23-34(36(45-38)30-41-28-32-19-14-12-15-20-32)44-39-26-24-35(47-48(5,6)40(2,3)4)37(46-39)31-42-29-33-21-16-13-17-22-33/h12-17,19-26,34-39H,7-11,18,27-31H2,1-6H3/t34-,35-,36+,37+,38-,39-/m0/s1. The van der Waals surface area contributed by atoms with Gasteiger partial charge in [0.25, 0.3) is 0 Å². The average Bonchev–Trinajstić information content (AvgIpc) is 3.07. The summed E-state index contributed by atoms with van der Waals surface area (Å²) in [6, 6.07) is 20.4. The van der Waals surface area contributed by atoms with Crippen molar-refractivity contribution in [3.63, 3.8) is 0 Å². The van der Waals surface area contributed by atoms with Crippen molar-refractivity contribution >= 4 is 8.32 Å². The van der Waals surface area contributed by atoms with Crippen LogP contribution in [0.3, 0.4) is 0 Å². The van der Waals surface area contributed by atoms with Crippen LogP contribution in [0.2, 0.25) is 18.1 Å². The molecule has 0 saturated heterocycles. The van der Waals surface area contributed by atoms with Gasteiger partial charge in [0.05, 0.1) is 39.1 Å². The number of hydrogen-bond acceptors (Lipinski definition) is 7. The van der Waals surface area contributed by atoms with Gasteiger partial charge in [-0.15, -0.1) is 0 Å². The number of unbranched alkanes of at least 4 members (excludes halogenated alkanes) is 5. The predicted molar refractivity (Wildman–Crippen MR) is 194 cm³/mol. The first-order valence-electron chi connectivity index (χ1n) is 18.0. The molecular weight excluding hydrogens is 621 g/mol. The van der Waals surface area contributed by atoms with E-state index in [-0.39, 0.29) is 29.5 Å². The molecule has 0 radical (unpaired) electrons. The Morgan fingerprint density at radius 3 is 1.77 bits per heavy atom. The lowest BCUT2D eigenvalue weighted by Crippen LogP contribution is -2.51. The van der Waals surface area contributed by atoms with Gasteiger partial charge in [-0.1, -0.05) is 133 Å². The van der Waals surface area contributed by atoms with Crippen molar-refractivity contribution in [2.75, 3.05) is 19.8 Å². The van der Waals surface area contributed by atoms with Gasteiger partial charge >= 0.3 is 0 Å². The summed E-state index contributed by atoms with van der Waals surface area (Å²) < 4.78 is 44.8. The zero-order chi connectivity index (χ0) is 34.2. The Morgan fingerprint density at radius 2 is 1.17 bits per heavy atom. The molecule has 2 aromatic carbocycles. The van der Waals surface area contributed by atoms with E-state index in [4.69, 9.17) is 32.8 Å². The summed E-state index contributed by atoms with van der Waals surface area (Å²) in [6.45, 7) is 15.9. The molecule has 6 atom stereocenters. The first-order chi connectivity index (χ1) is 23.1. The molecule has 0 saturated carbocycles. The Bertz CT molecular complexity index is 1210. The number of rotatable bonds is 20. The van der Waals surface area contributed by atoms with Crippen molar-refractivity contribution in [2.45, 2.75) is 135 Å². The average molecular weight is 681 g/mol. The molecule has 4 rings (SSSR count). The van der Waals surface area contributed by atoms with E-state index in [9.17, 15) is 0 Å². The third-order valence-electron chi connectivity index (χ3n) is 9.36. The third kappa shape index (κ3) is 13.0. The predicted octanol–water partition coefficient (Wildman–Crippen LogP) is 9.13. The fourth-order valence-corrected chi connectivity index (χ4v) is 6.68. The summed E-state index contributed by atoms with van der Waals surface area (Å²) in [7, 11) is -2.08. The van der Waals surface area contributed by atoms with E-state index in [1.54, 1.807) is 0 Å². The van der Waals surface area contributed by atoms with Gasteiger partial charge in [0.1, 0.15) is 18.3 Å². The lowest BCUT2D eigenvalue weighted by atomic mass is 10.1. The van der Waals surface area contributed by atoms with Crippen LogP contribution in [0.5, 0.6) is 0 Å². The van der Waals surface area contributed by atoms with Gasteiger partial charge in [-0.3, -0.25) is 0 Å². The van der Waals surface area contributed by atoms with Crippen LogP contribution in [0.1, 0.15) is 77.3 Å². The maximum Gasteiger partial charge on any atom is 0.193 e. The van der Waals surface area contributed by atoms with Gasteiger partial charge in [-0.25, -0.2) is 0 Å². The molecule has 0 spiro atoms. The maximum absolute atomic E-state index is 6.82. The smallest absolute Gasteiger partial charge is 0.193 e. The molecule has 0 fully saturated rings. The minimum absolute atomic E-state index is 0.0640. The van der Waals surface area contributed by atoms with Crippen LogP contribution >= 0.6 is 0 Å². The van der Waals surface area contributed by atoms with Gasteiger partial charge in [0, 0.05) is 0 Å². The summed E-state index contributed by atoms with van der Waals surface area (Å²) in [5.74, 6) is 0. The maximum atomic E-state index is 6.82. The Labute approximate surface area is 291 Å². The van der Waals surface area contributed by atoms with E-state index in [2.05, 4.69) is 71.1 Å². The van der Waals surface area contributed by atoms with E-state index in [1.807, 2.05) is 54.6 Å². The monoisotopic (exact) mass is 680 g/mol. The molecule has 2 aliphatic heterocycles. The van der Waals surface area contributed by atoms with Gasteiger partial charge in [-0.2, -0.15) is 0 Å². The van der Waals surface area contributed by atoms with E-state index < -0.39 is 20.9 Å². The summed E-state index contributed by atoms with van der Waals surface area (Å²) in [5.41, 5.74) is 2.23. The van der Waals surface area contributed by atoms with Crippen molar-refractivity contribution in [3.05, 3.63) is 96.1 Å². The summed E-state index contributed by atoms with van der Waals surface area (Å²) in [6.07, 6.45) is 13.0. The fourth-order valence-electron chi connectivity index (χ4n) is 5.42. The lowest BCUT2D eigenvalue weighted by molar-refractivity contribution is -0.239. The SMILES string of the molecule is CCCCCCCCO[C@@H]1C=C[C@H](O[C@@H]2C=C[C@H](O[Si](C)(C)C(C)(C)C)[C@@H](COCc3ccccc3)O2)[C@@H](COCc2ccccc2)O1. The van der Waals surface area contributed by atoms with Crippen LogP contribution in [0.25, 0.3) is 0 Å². The molecule has 0 amide bonds. The molecule has 2 aliphatic rings. The molecule has 0 N–H and O–H groups in total. The van der Waals surface area contributed by atoms with Crippen molar-refractivity contribution < 1.29 is 32.8 Å². The number of hydrogen-bond donors (Lipinski definition) is 0. The number of ether oxygens (including phenoxy) is 6. The Hall–Kier alpha value is -2.14. The van der Waals surface area contributed by atoms with Crippen LogP contribution in [0.4, 0.5) is 0 Å². The second-order valence-electron chi connectivity index (χ2n) is 14.4. The van der Waals surface area contributed by atoms with Gasteiger partial charge < -0.3 is 32.8 Å².